The van der Waals surface area contributed by atoms with Gasteiger partial charge in [0.05, 0.1) is 6.61 Å². The van der Waals surface area contributed by atoms with Gasteiger partial charge in [0.1, 0.15) is 0 Å². The molecule has 1 rings (SSSR count). The minimum atomic E-state index is -1.42. The average molecular weight is 282 g/mol. The number of nitrogens with zero attached hydrogens (tertiary/aromatic N) is 1. The predicted molar refractivity (Wildman–Crippen MR) is 70.2 cm³/mol. The highest BCUT2D eigenvalue weighted by molar-refractivity contribution is 6.15. The second-order valence-electron chi connectivity index (χ2n) is 4.48. The van der Waals surface area contributed by atoms with E-state index in [0.29, 0.717) is 4.90 Å². The molecule has 20 heavy (non-hydrogen) atoms. The van der Waals surface area contributed by atoms with Gasteiger partial charge in [-0.15, -0.1) is 0 Å². The van der Waals surface area contributed by atoms with Gasteiger partial charge in [-0.05, 0) is 5.92 Å². The highest BCUT2D eigenvalue weighted by atomic mass is 16.5. The number of nitrogens with one attached hydrogen (secondary N) is 2. The summed E-state index contributed by atoms with van der Waals surface area (Å²) in [6, 6.07) is 0. The summed E-state index contributed by atoms with van der Waals surface area (Å²) in [7, 11) is 0. The Bertz CT molecular complexity index is 442. The van der Waals surface area contributed by atoms with Crippen LogP contribution in [0.25, 0.3) is 0 Å². The number of rotatable bonds is 6. The molecule has 0 spiro atoms. The van der Waals surface area contributed by atoms with Crippen LogP contribution >= 0.6 is 0 Å². The van der Waals surface area contributed by atoms with Crippen molar-refractivity contribution in [1.29, 1.82) is 5.41 Å². The number of carbonyl (C=O) groups excluding carboxylic acids is 3. The van der Waals surface area contributed by atoms with Gasteiger partial charge >= 0.3 is 5.97 Å². The van der Waals surface area contributed by atoms with Gasteiger partial charge in [0.2, 0.25) is 6.17 Å². The smallest absolute Gasteiger partial charge is 0.350 e. The van der Waals surface area contributed by atoms with Crippen LogP contribution in [0.1, 0.15) is 20.3 Å². The lowest BCUT2D eigenvalue weighted by molar-refractivity contribution is -0.159. The van der Waals surface area contributed by atoms with Gasteiger partial charge in [-0.2, -0.15) is 0 Å². The Hall–Kier alpha value is -2.38. The van der Waals surface area contributed by atoms with Crippen molar-refractivity contribution in [3.63, 3.8) is 0 Å². The zero-order valence-electron chi connectivity index (χ0n) is 11.4. The highest BCUT2D eigenvalue weighted by Crippen LogP contribution is 2.10. The van der Waals surface area contributed by atoms with Gasteiger partial charge in [0, 0.05) is 12.2 Å². The molecule has 0 saturated heterocycles. The van der Waals surface area contributed by atoms with Gasteiger partial charge < -0.3 is 15.8 Å². The highest BCUT2D eigenvalue weighted by Gasteiger charge is 2.37. The van der Waals surface area contributed by atoms with E-state index >= 15 is 0 Å². The Labute approximate surface area is 116 Å². The number of nitrogens with two attached hydrogens (primary N) is 1. The molecule has 0 fully saturated rings. The van der Waals surface area contributed by atoms with Crippen molar-refractivity contribution in [3.8, 4) is 0 Å². The maximum absolute atomic E-state index is 12.0. The molecular formula is C12H18N4O4. The number of guanidine groups is 1. The minimum absolute atomic E-state index is 0.153. The average Bonchev–Trinajstić information content (AvgIpc) is 2.72. The molecular weight excluding hydrogens is 264 g/mol. The van der Waals surface area contributed by atoms with Crippen LogP contribution in [0.2, 0.25) is 0 Å². The summed E-state index contributed by atoms with van der Waals surface area (Å²) in [4.78, 5) is 35.8. The second kappa shape index (κ2) is 6.69. The number of hydrogen-bond donors (Lipinski definition) is 3. The molecule has 1 aliphatic heterocycles. The van der Waals surface area contributed by atoms with Crippen molar-refractivity contribution in [2.75, 3.05) is 6.61 Å². The molecule has 1 heterocycles. The van der Waals surface area contributed by atoms with Crippen LogP contribution in [0, 0.1) is 11.3 Å². The van der Waals surface area contributed by atoms with Crippen molar-refractivity contribution < 1.29 is 19.1 Å². The summed E-state index contributed by atoms with van der Waals surface area (Å²) in [5, 5.41) is 9.41. The standard InChI is InChI=1S/C12H18N4O4/c1-3-7(2)6-20-11(19)10(15-12(13)14)16-8(17)4-5-9(16)18/h4-5,7,10H,3,6H2,1-2H3,(H4,13,14,15). The number of esters is 1. The first-order valence-corrected chi connectivity index (χ1v) is 6.19. The summed E-state index contributed by atoms with van der Waals surface area (Å²) in [6.07, 6.45) is 1.48. The molecule has 2 amide bonds. The molecule has 4 N–H and O–H groups in total. The molecule has 110 valence electrons. The number of ether oxygens (including phenoxy) is 1. The number of carbonyl (C=O) groups is 3. The number of amides is 2. The molecule has 2 unspecified atom stereocenters. The van der Waals surface area contributed by atoms with Gasteiger partial charge in [-0.1, -0.05) is 20.3 Å². The van der Waals surface area contributed by atoms with E-state index in [1.54, 1.807) is 0 Å². The monoisotopic (exact) mass is 282 g/mol. The van der Waals surface area contributed by atoms with Crippen molar-refractivity contribution >= 4 is 23.7 Å². The van der Waals surface area contributed by atoms with Crippen molar-refractivity contribution in [1.82, 2.24) is 10.2 Å². The summed E-state index contributed by atoms with van der Waals surface area (Å²) in [5.41, 5.74) is 5.17. The third kappa shape index (κ3) is 3.81. The Morgan fingerprint density at radius 3 is 2.45 bits per heavy atom. The maximum Gasteiger partial charge on any atom is 0.350 e. The van der Waals surface area contributed by atoms with Gasteiger partial charge in [-0.25, -0.2) is 9.69 Å². The first kappa shape index (κ1) is 15.7. The van der Waals surface area contributed by atoms with E-state index in [1.165, 1.54) is 0 Å². The van der Waals surface area contributed by atoms with Crippen LogP contribution in [-0.4, -0.2) is 41.4 Å². The Morgan fingerprint density at radius 2 is 2.00 bits per heavy atom. The van der Waals surface area contributed by atoms with Crippen LogP contribution in [0.3, 0.4) is 0 Å². The molecule has 8 heteroatoms. The fraction of sp³-hybridized carbons (Fsp3) is 0.500. The Morgan fingerprint density at radius 1 is 1.45 bits per heavy atom. The molecule has 8 nitrogen and oxygen atoms in total. The molecule has 0 saturated carbocycles. The van der Waals surface area contributed by atoms with Gasteiger partial charge in [-0.3, -0.25) is 15.0 Å². The van der Waals surface area contributed by atoms with Crippen LogP contribution in [0.5, 0.6) is 0 Å². The normalized spacial score (nSPS) is 17.0. The van der Waals surface area contributed by atoms with E-state index in [-0.39, 0.29) is 12.5 Å². The van der Waals surface area contributed by atoms with Crippen molar-refractivity contribution in [2.45, 2.75) is 26.4 Å². The molecule has 0 aliphatic carbocycles. The topological polar surface area (TPSA) is 126 Å². The maximum atomic E-state index is 12.0. The summed E-state index contributed by atoms with van der Waals surface area (Å²) in [5.74, 6) is -2.53. The Balaban J connectivity index is 2.79. The first-order chi connectivity index (χ1) is 9.36. The fourth-order valence-corrected chi connectivity index (χ4v) is 1.46. The van der Waals surface area contributed by atoms with Crippen molar-refractivity contribution in [2.24, 2.45) is 11.7 Å². The van der Waals surface area contributed by atoms with E-state index < -0.39 is 29.9 Å². The first-order valence-electron chi connectivity index (χ1n) is 6.19. The van der Waals surface area contributed by atoms with E-state index in [9.17, 15) is 14.4 Å². The third-order valence-corrected chi connectivity index (χ3v) is 2.82. The van der Waals surface area contributed by atoms with Crippen LogP contribution < -0.4 is 11.1 Å². The van der Waals surface area contributed by atoms with Crippen molar-refractivity contribution in [3.05, 3.63) is 12.2 Å². The fourth-order valence-electron chi connectivity index (χ4n) is 1.46. The molecule has 0 aromatic rings. The summed E-state index contributed by atoms with van der Waals surface area (Å²) < 4.78 is 5.04. The zero-order chi connectivity index (χ0) is 15.3. The van der Waals surface area contributed by atoms with E-state index in [1.807, 2.05) is 13.8 Å². The Kier molecular flexibility index (Phi) is 5.24. The quantitative estimate of drug-likeness (QED) is 0.256. The molecule has 0 bridgehead atoms. The van der Waals surface area contributed by atoms with E-state index in [4.69, 9.17) is 15.9 Å². The minimum Gasteiger partial charge on any atom is -0.462 e. The lowest BCUT2D eigenvalue weighted by Crippen LogP contribution is -2.57. The van der Waals surface area contributed by atoms with Crippen LogP contribution in [0.15, 0.2) is 12.2 Å². The lowest BCUT2D eigenvalue weighted by Gasteiger charge is -2.25. The van der Waals surface area contributed by atoms with Gasteiger partial charge in [0.15, 0.2) is 5.96 Å². The number of hydrogen-bond acceptors (Lipinski definition) is 5. The van der Waals surface area contributed by atoms with E-state index in [2.05, 4.69) is 5.32 Å². The summed E-state index contributed by atoms with van der Waals surface area (Å²) in [6.45, 7) is 4.00. The third-order valence-electron chi connectivity index (χ3n) is 2.82. The molecule has 0 radical (unpaired) electrons. The molecule has 0 aromatic carbocycles. The number of imide groups is 1. The SMILES string of the molecule is CCC(C)COC(=O)C(NC(=N)N)N1C(=O)C=CC1=O. The molecule has 2 atom stereocenters. The summed E-state index contributed by atoms with van der Waals surface area (Å²) >= 11 is 0. The largest absolute Gasteiger partial charge is 0.462 e. The second-order valence-corrected chi connectivity index (χ2v) is 4.48. The van der Waals surface area contributed by atoms with E-state index in [0.717, 1.165) is 18.6 Å². The predicted octanol–water partition coefficient (Wildman–Crippen LogP) is -0.690. The van der Waals surface area contributed by atoms with Crippen LogP contribution in [0.4, 0.5) is 0 Å². The zero-order valence-corrected chi connectivity index (χ0v) is 11.4. The molecule has 1 aliphatic rings. The molecule has 0 aromatic heterocycles. The van der Waals surface area contributed by atoms with Crippen LogP contribution in [-0.2, 0) is 19.1 Å². The van der Waals surface area contributed by atoms with Gasteiger partial charge in [0.25, 0.3) is 11.8 Å². The lowest BCUT2D eigenvalue weighted by atomic mass is 10.1.